The van der Waals surface area contributed by atoms with Crippen LogP contribution in [0.15, 0.2) is 42.6 Å². The van der Waals surface area contributed by atoms with E-state index in [9.17, 15) is 0 Å². The molecular weight excluding hydrogens is 204 g/mol. The summed E-state index contributed by atoms with van der Waals surface area (Å²) in [6, 6.07) is 10.2. The summed E-state index contributed by atoms with van der Waals surface area (Å²) in [5.41, 5.74) is 1.15. The molecule has 0 saturated carbocycles. The van der Waals surface area contributed by atoms with Crippen molar-refractivity contribution in [3.8, 4) is 0 Å². The third-order valence-corrected chi connectivity index (χ3v) is 2.55. The summed E-state index contributed by atoms with van der Waals surface area (Å²) in [5.74, 6) is 0. The Hall–Kier alpha value is -1.35. The van der Waals surface area contributed by atoms with Gasteiger partial charge in [0.2, 0.25) is 0 Å². The highest BCUT2D eigenvalue weighted by atomic mass is 32.1. The molecule has 0 radical (unpaired) electrons. The SMILES string of the molecule is CN(C)C(=S)C=CN(C)c1ccccc1. The Kier molecular flexibility index (Phi) is 4.31. The predicted molar refractivity (Wildman–Crippen MR) is 70.3 cm³/mol. The predicted octanol–water partition coefficient (Wildman–Crippen LogP) is 2.53. The maximum Gasteiger partial charge on any atom is 0.102 e. The first kappa shape index (κ1) is 11.7. The summed E-state index contributed by atoms with van der Waals surface area (Å²) in [7, 11) is 5.88. The molecule has 0 aromatic heterocycles. The van der Waals surface area contributed by atoms with Gasteiger partial charge in [0, 0.05) is 33.0 Å². The number of para-hydroxylation sites is 1. The molecule has 0 bridgehead atoms. The molecule has 1 rings (SSSR count). The van der Waals surface area contributed by atoms with Gasteiger partial charge in [-0.25, -0.2) is 0 Å². The van der Waals surface area contributed by atoms with Gasteiger partial charge in [0.1, 0.15) is 4.99 Å². The lowest BCUT2D eigenvalue weighted by atomic mass is 10.3. The smallest absolute Gasteiger partial charge is 0.102 e. The van der Waals surface area contributed by atoms with E-state index in [4.69, 9.17) is 12.2 Å². The van der Waals surface area contributed by atoms with Crippen LogP contribution in [-0.4, -0.2) is 31.0 Å². The van der Waals surface area contributed by atoms with Crippen LogP contribution in [0, 0.1) is 0 Å². The first-order valence-corrected chi connectivity index (χ1v) is 5.19. The van der Waals surface area contributed by atoms with Gasteiger partial charge in [-0.15, -0.1) is 0 Å². The molecule has 2 nitrogen and oxygen atoms in total. The van der Waals surface area contributed by atoms with E-state index in [1.54, 1.807) is 0 Å². The van der Waals surface area contributed by atoms with Crippen molar-refractivity contribution in [3.05, 3.63) is 42.6 Å². The molecule has 0 unspecified atom stereocenters. The molecule has 15 heavy (non-hydrogen) atoms. The van der Waals surface area contributed by atoms with E-state index in [1.165, 1.54) is 0 Å². The van der Waals surface area contributed by atoms with E-state index in [1.807, 2.05) is 61.4 Å². The van der Waals surface area contributed by atoms with E-state index >= 15 is 0 Å². The van der Waals surface area contributed by atoms with Gasteiger partial charge in [0.15, 0.2) is 0 Å². The monoisotopic (exact) mass is 220 g/mol. The quantitative estimate of drug-likeness (QED) is 0.571. The zero-order valence-corrected chi connectivity index (χ0v) is 10.2. The molecule has 1 aromatic rings. The minimum absolute atomic E-state index is 0.817. The Morgan fingerprint density at radius 2 is 1.73 bits per heavy atom. The molecule has 0 fully saturated rings. The maximum absolute atomic E-state index is 5.16. The van der Waals surface area contributed by atoms with Crippen molar-refractivity contribution in [2.45, 2.75) is 0 Å². The molecule has 0 atom stereocenters. The Bertz CT molecular complexity index is 344. The molecule has 0 aliphatic carbocycles. The van der Waals surface area contributed by atoms with Crippen LogP contribution >= 0.6 is 12.2 Å². The number of thiocarbonyl (C=S) groups is 1. The van der Waals surface area contributed by atoms with Crippen LogP contribution in [0.2, 0.25) is 0 Å². The van der Waals surface area contributed by atoms with Gasteiger partial charge in [-0.2, -0.15) is 0 Å². The summed E-state index contributed by atoms with van der Waals surface area (Å²) in [4.78, 5) is 4.76. The van der Waals surface area contributed by atoms with Crippen LogP contribution in [0.25, 0.3) is 0 Å². The third kappa shape index (κ3) is 3.72. The zero-order valence-electron chi connectivity index (χ0n) is 9.34. The number of hydrogen-bond donors (Lipinski definition) is 0. The van der Waals surface area contributed by atoms with Crippen molar-refractivity contribution in [2.24, 2.45) is 0 Å². The molecule has 0 spiro atoms. The highest BCUT2D eigenvalue weighted by molar-refractivity contribution is 7.80. The number of hydrogen-bond acceptors (Lipinski definition) is 2. The third-order valence-electron chi connectivity index (χ3n) is 2.04. The van der Waals surface area contributed by atoms with Crippen LogP contribution in [0.4, 0.5) is 5.69 Å². The van der Waals surface area contributed by atoms with Crippen molar-refractivity contribution in [1.29, 1.82) is 0 Å². The lowest BCUT2D eigenvalue weighted by Crippen LogP contribution is -2.18. The summed E-state index contributed by atoms with van der Waals surface area (Å²) in [6.45, 7) is 0. The number of nitrogens with zero attached hydrogens (tertiary/aromatic N) is 2. The largest absolute Gasteiger partial charge is 0.369 e. The molecule has 0 saturated heterocycles. The highest BCUT2D eigenvalue weighted by Gasteiger charge is 1.96. The summed E-state index contributed by atoms with van der Waals surface area (Å²) in [6.07, 6.45) is 3.89. The standard InChI is InChI=1S/C12H16N2S/c1-13(2)12(15)9-10-14(3)11-7-5-4-6-8-11/h4-10H,1-3H3. The van der Waals surface area contributed by atoms with Gasteiger partial charge in [0.05, 0.1) is 0 Å². The Morgan fingerprint density at radius 3 is 2.27 bits per heavy atom. The van der Waals surface area contributed by atoms with Crippen molar-refractivity contribution in [1.82, 2.24) is 4.90 Å². The topological polar surface area (TPSA) is 6.48 Å². The summed E-state index contributed by atoms with van der Waals surface area (Å²) in [5, 5.41) is 0. The second-order valence-corrected chi connectivity index (χ2v) is 3.91. The molecule has 3 heteroatoms. The first-order valence-electron chi connectivity index (χ1n) is 4.78. The second-order valence-electron chi connectivity index (χ2n) is 3.49. The average Bonchev–Trinajstić information content (AvgIpc) is 2.26. The van der Waals surface area contributed by atoms with Crippen LogP contribution in [0.5, 0.6) is 0 Å². The molecule has 1 aromatic carbocycles. The zero-order chi connectivity index (χ0) is 11.3. The fraction of sp³-hybridized carbons (Fsp3) is 0.250. The van der Waals surface area contributed by atoms with E-state index in [-0.39, 0.29) is 0 Å². The summed E-state index contributed by atoms with van der Waals surface area (Å²) >= 11 is 5.16. The second kappa shape index (κ2) is 5.51. The van der Waals surface area contributed by atoms with E-state index in [0.29, 0.717) is 0 Å². The van der Waals surface area contributed by atoms with Crippen molar-refractivity contribution < 1.29 is 0 Å². The van der Waals surface area contributed by atoms with Crippen molar-refractivity contribution in [2.75, 3.05) is 26.0 Å². The van der Waals surface area contributed by atoms with Crippen LogP contribution in [-0.2, 0) is 0 Å². The maximum atomic E-state index is 5.16. The number of rotatable bonds is 3. The normalized spacial score (nSPS) is 10.3. The van der Waals surface area contributed by atoms with Crippen LogP contribution in [0.3, 0.4) is 0 Å². The van der Waals surface area contributed by atoms with Crippen LogP contribution in [0.1, 0.15) is 0 Å². The van der Waals surface area contributed by atoms with Gasteiger partial charge in [0.25, 0.3) is 0 Å². The fourth-order valence-electron chi connectivity index (χ4n) is 1.07. The van der Waals surface area contributed by atoms with E-state index < -0.39 is 0 Å². The van der Waals surface area contributed by atoms with E-state index in [0.717, 1.165) is 10.7 Å². The van der Waals surface area contributed by atoms with Gasteiger partial charge in [-0.1, -0.05) is 30.4 Å². The van der Waals surface area contributed by atoms with Crippen LogP contribution < -0.4 is 4.90 Å². The molecule has 0 N–H and O–H groups in total. The molecule has 0 heterocycles. The molecule has 80 valence electrons. The molecule has 0 aliphatic heterocycles. The molecule has 0 aliphatic rings. The minimum atomic E-state index is 0.817. The van der Waals surface area contributed by atoms with Gasteiger partial charge < -0.3 is 9.80 Å². The molecular formula is C12H16N2S. The summed E-state index contributed by atoms with van der Waals surface area (Å²) < 4.78 is 0. The average molecular weight is 220 g/mol. The fourth-order valence-corrected chi connectivity index (χ4v) is 1.13. The van der Waals surface area contributed by atoms with Crippen molar-refractivity contribution in [3.63, 3.8) is 0 Å². The Labute approximate surface area is 96.8 Å². The lowest BCUT2D eigenvalue weighted by Gasteiger charge is -2.15. The number of anilines is 1. The lowest BCUT2D eigenvalue weighted by molar-refractivity contribution is 0.639. The first-order chi connectivity index (χ1) is 7.11. The number of likely N-dealkylation sites (N-methyl/N-ethyl adjacent to an activating group) is 1. The van der Waals surface area contributed by atoms with Gasteiger partial charge in [-0.3, -0.25) is 0 Å². The highest BCUT2D eigenvalue weighted by Crippen LogP contribution is 2.10. The molecule has 0 amide bonds. The Morgan fingerprint density at radius 1 is 1.13 bits per heavy atom. The van der Waals surface area contributed by atoms with Gasteiger partial charge >= 0.3 is 0 Å². The Balaban J connectivity index is 2.64. The minimum Gasteiger partial charge on any atom is -0.369 e. The van der Waals surface area contributed by atoms with Gasteiger partial charge in [-0.05, 0) is 18.2 Å². The van der Waals surface area contributed by atoms with Crippen molar-refractivity contribution >= 4 is 22.9 Å². The number of benzene rings is 1. The van der Waals surface area contributed by atoms with E-state index in [2.05, 4.69) is 12.1 Å².